The van der Waals surface area contributed by atoms with E-state index in [1.54, 1.807) is 13.8 Å². The second kappa shape index (κ2) is 4.41. The Kier molecular flexibility index (Phi) is 3.68. The molecule has 3 atom stereocenters. The summed E-state index contributed by atoms with van der Waals surface area (Å²) in [7, 11) is 0. The summed E-state index contributed by atoms with van der Waals surface area (Å²) in [5.41, 5.74) is -0.0598. The molecule has 0 aromatic heterocycles. The van der Waals surface area contributed by atoms with E-state index in [1.165, 1.54) is 0 Å². The predicted molar refractivity (Wildman–Crippen MR) is 70.6 cm³/mol. The van der Waals surface area contributed by atoms with Crippen LogP contribution in [0.5, 0.6) is 0 Å². The smallest absolute Gasteiger partial charge is 0.135 e. The molecule has 0 amide bonds. The Hall–Kier alpha value is -0.890. The minimum Gasteiger partial charge on any atom is -0.389 e. The van der Waals surface area contributed by atoms with Gasteiger partial charge in [-0.05, 0) is 32.6 Å². The minimum absolute atomic E-state index is 0.0133. The van der Waals surface area contributed by atoms with E-state index >= 15 is 0 Å². The van der Waals surface area contributed by atoms with E-state index < -0.39 is 5.60 Å². The van der Waals surface area contributed by atoms with Crippen molar-refractivity contribution in [2.24, 2.45) is 17.3 Å². The first kappa shape index (κ1) is 14.2. The predicted octanol–water partition coefficient (Wildman–Crippen LogP) is 3.12. The summed E-state index contributed by atoms with van der Waals surface area (Å²) in [5.74, 6) is -0.202. The second-order valence-electron chi connectivity index (χ2n) is 6.26. The molecule has 0 saturated heterocycles. The Morgan fingerprint density at radius 1 is 1.35 bits per heavy atom. The molecule has 1 saturated carbocycles. The number of rotatable bonds is 3. The molecule has 1 fully saturated rings. The molecule has 1 rings (SSSR count). The molecule has 0 heterocycles. The van der Waals surface area contributed by atoms with Crippen LogP contribution < -0.4 is 0 Å². The molecule has 0 aromatic rings. The Morgan fingerprint density at radius 3 is 2.24 bits per heavy atom. The van der Waals surface area contributed by atoms with Crippen molar-refractivity contribution in [2.75, 3.05) is 0 Å². The summed E-state index contributed by atoms with van der Waals surface area (Å²) >= 11 is 0. The third-order valence-corrected chi connectivity index (χ3v) is 3.97. The average Bonchev–Trinajstić information content (AvgIpc) is 2.30. The molecular weight excluding hydrogens is 212 g/mol. The Labute approximate surface area is 104 Å². The summed E-state index contributed by atoms with van der Waals surface area (Å²) in [6.45, 7) is 13.3. The van der Waals surface area contributed by atoms with Crippen LogP contribution in [0.1, 0.15) is 41.0 Å². The van der Waals surface area contributed by atoms with Gasteiger partial charge in [-0.1, -0.05) is 38.2 Å². The fraction of sp³-hybridized carbons (Fsp3) is 0.667. The lowest BCUT2D eigenvalue weighted by Crippen LogP contribution is -2.40. The van der Waals surface area contributed by atoms with Gasteiger partial charge in [0.2, 0.25) is 0 Å². The van der Waals surface area contributed by atoms with Crippen molar-refractivity contribution in [3.8, 4) is 0 Å². The zero-order valence-corrected chi connectivity index (χ0v) is 11.6. The van der Waals surface area contributed by atoms with E-state index in [-0.39, 0.29) is 23.0 Å². The lowest BCUT2D eigenvalue weighted by molar-refractivity contribution is -0.128. The molecule has 0 radical (unpaired) electrons. The molecule has 96 valence electrons. The van der Waals surface area contributed by atoms with Crippen LogP contribution in [0.3, 0.4) is 0 Å². The van der Waals surface area contributed by atoms with E-state index in [0.717, 1.165) is 12.0 Å². The molecule has 1 unspecified atom stereocenters. The Morgan fingerprint density at radius 2 is 1.88 bits per heavy atom. The summed E-state index contributed by atoms with van der Waals surface area (Å²) in [4.78, 5) is 11.6. The molecule has 1 aliphatic rings. The van der Waals surface area contributed by atoms with E-state index in [4.69, 9.17) is 0 Å². The highest BCUT2D eigenvalue weighted by atomic mass is 16.3. The number of Topliss-reactive ketones (excluding diaryl/α,β-unsaturated/α-hetero) is 1. The molecule has 17 heavy (non-hydrogen) atoms. The number of hydrogen-bond acceptors (Lipinski definition) is 2. The largest absolute Gasteiger partial charge is 0.389 e. The number of allylic oxidation sites excluding steroid dienone is 2. The van der Waals surface area contributed by atoms with Gasteiger partial charge in [0.05, 0.1) is 5.60 Å². The Bertz CT molecular complexity index is 361. The van der Waals surface area contributed by atoms with Crippen molar-refractivity contribution in [1.29, 1.82) is 0 Å². The fourth-order valence-electron chi connectivity index (χ4n) is 3.14. The van der Waals surface area contributed by atoms with Crippen LogP contribution >= 0.6 is 0 Å². The maximum atomic E-state index is 11.6. The highest BCUT2D eigenvalue weighted by molar-refractivity contribution is 5.80. The maximum Gasteiger partial charge on any atom is 0.135 e. The number of ketones is 1. The first-order valence-electron chi connectivity index (χ1n) is 6.15. The van der Waals surface area contributed by atoms with Gasteiger partial charge in [0, 0.05) is 11.8 Å². The van der Waals surface area contributed by atoms with Gasteiger partial charge < -0.3 is 5.11 Å². The van der Waals surface area contributed by atoms with Crippen molar-refractivity contribution >= 4 is 5.78 Å². The van der Waals surface area contributed by atoms with Crippen LogP contribution in [-0.2, 0) is 4.79 Å². The van der Waals surface area contributed by atoms with Crippen molar-refractivity contribution in [2.45, 2.75) is 46.6 Å². The zero-order chi connectivity index (χ0) is 13.4. The molecular formula is C15H24O2. The molecule has 1 aliphatic carbocycles. The van der Waals surface area contributed by atoms with Crippen molar-refractivity contribution < 1.29 is 9.90 Å². The van der Waals surface area contributed by atoms with Gasteiger partial charge in [0.15, 0.2) is 0 Å². The molecule has 0 aromatic carbocycles. The summed E-state index contributed by atoms with van der Waals surface area (Å²) in [6.07, 6.45) is 4.68. The lowest BCUT2D eigenvalue weighted by atomic mass is 9.76. The third-order valence-electron chi connectivity index (χ3n) is 3.97. The van der Waals surface area contributed by atoms with Crippen LogP contribution in [0.25, 0.3) is 0 Å². The first-order valence-corrected chi connectivity index (χ1v) is 6.15. The zero-order valence-electron chi connectivity index (χ0n) is 11.6. The summed E-state index contributed by atoms with van der Waals surface area (Å²) in [6, 6.07) is 0. The van der Waals surface area contributed by atoms with E-state index in [0.29, 0.717) is 0 Å². The van der Waals surface area contributed by atoms with Gasteiger partial charge in [0.25, 0.3) is 0 Å². The van der Waals surface area contributed by atoms with Gasteiger partial charge in [0.1, 0.15) is 5.78 Å². The van der Waals surface area contributed by atoms with Crippen molar-refractivity contribution in [3.63, 3.8) is 0 Å². The normalized spacial score (nSPS) is 36.4. The van der Waals surface area contributed by atoms with Crippen LogP contribution in [-0.4, -0.2) is 16.5 Å². The average molecular weight is 236 g/mol. The fourth-order valence-corrected chi connectivity index (χ4v) is 3.14. The van der Waals surface area contributed by atoms with Gasteiger partial charge in [-0.15, -0.1) is 0 Å². The van der Waals surface area contributed by atoms with E-state index in [2.05, 4.69) is 20.4 Å². The SMILES string of the molecule is C=C(C)/C=C\C1C(C)(C)C[C@@H](C(C)=O)[C@@]1(C)O. The Balaban J connectivity index is 3.09. The number of aliphatic hydroxyl groups is 1. The standard InChI is InChI=1S/C15H24O2/c1-10(2)7-8-13-14(4,5)9-12(11(3)16)15(13,6)17/h7-8,12-13,17H,1,9H2,2-6H3/b8-7-/t12-,13?,15+/m0/s1. The summed E-state index contributed by atoms with van der Waals surface area (Å²) < 4.78 is 0. The molecule has 2 nitrogen and oxygen atoms in total. The van der Waals surface area contributed by atoms with Crippen LogP contribution in [0.15, 0.2) is 24.3 Å². The quantitative estimate of drug-likeness (QED) is 0.764. The number of hydrogen-bond donors (Lipinski definition) is 1. The molecule has 1 N–H and O–H groups in total. The molecule has 2 heteroatoms. The molecule has 0 spiro atoms. The monoisotopic (exact) mass is 236 g/mol. The van der Waals surface area contributed by atoms with Crippen LogP contribution in [0.2, 0.25) is 0 Å². The highest BCUT2D eigenvalue weighted by Gasteiger charge is 2.55. The minimum atomic E-state index is -0.957. The third kappa shape index (κ3) is 2.68. The molecule has 0 aliphatic heterocycles. The van der Waals surface area contributed by atoms with Gasteiger partial charge in [-0.25, -0.2) is 0 Å². The van der Waals surface area contributed by atoms with E-state index in [9.17, 15) is 9.90 Å². The lowest BCUT2D eigenvalue weighted by Gasteiger charge is -2.33. The topological polar surface area (TPSA) is 37.3 Å². The summed E-state index contributed by atoms with van der Waals surface area (Å²) in [5, 5.41) is 10.6. The van der Waals surface area contributed by atoms with Crippen LogP contribution in [0.4, 0.5) is 0 Å². The maximum absolute atomic E-state index is 11.6. The van der Waals surface area contributed by atoms with Crippen molar-refractivity contribution in [1.82, 2.24) is 0 Å². The first-order chi connectivity index (χ1) is 7.59. The van der Waals surface area contributed by atoms with Gasteiger partial charge >= 0.3 is 0 Å². The van der Waals surface area contributed by atoms with Crippen LogP contribution in [0, 0.1) is 17.3 Å². The van der Waals surface area contributed by atoms with Crippen molar-refractivity contribution in [3.05, 3.63) is 24.3 Å². The van der Waals surface area contributed by atoms with Gasteiger partial charge in [-0.3, -0.25) is 4.79 Å². The second-order valence-corrected chi connectivity index (χ2v) is 6.26. The number of carbonyl (C=O) groups excluding carboxylic acids is 1. The number of carbonyl (C=O) groups is 1. The molecule has 0 bridgehead atoms. The van der Waals surface area contributed by atoms with E-state index in [1.807, 2.05) is 19.1 Å². The van der Waals surface area contributed by atoms with Gasteiger partial charge in [-0.2, -0.15) is 0 Å². The highest BCUT2D eigenvalue weighted by Crippen LogP contribution is 2.53.